The van der Waals surface area contributed by atoms with Gasteiger partial charge in [0, 0.05) is 51.0 Å². The number of carbonyl (C=O) groups is 1. The lowest BCUT2D eigenvalue weighted by Crippen LogP contribution is -2.49. The summed E-state index contributed by atoms with van der Waals surface area (Å²) in [5.41, 5.74) is -1.39. The molecule has 0 bridgehead atoms. The first-order valence-electron chi connectivity index (χ1n) is 14.0. The molecule has 3 aromatic rings. The number of amides is 1. The highest BCUT2D eigenvalue weighted by molar-refractivity contribution is 5.94. The minimum Gasteiger partial charge on any atom is -0.436 e. The Morgan fingerprint density at radius 3 is 2.37 bits per heavy atom. The number of benzene rings is 1. The van der Waals surface area contributed by atoms with E-state index in [1.807, 2.05) is 17.4 Å². The number of ether oxygens (including phenoxy) is 1. The molecule has 0 spiro atoms. The van der Waals surface area contributed by atoms with E-state index in [0.717, 1.165) is 12.2 Å². The molecule has 216 valence electrons. The van der Waals surface area contributed by atoms with E-state index in [1.54, 1.807) is 23.1 Å². The normalized spacial score (nSPS) is 18.0. The molecule has 41 heavy (non-hydrogen) atoms. The Balaban J connectivity index is 1.17. The van der Waals surface area contributed by atoms with Gasteiger partial charge in [0.1, 0.15) is 17.3 Å². The number of aromatic nitrogens is 3. The fourth-order valence-electron chi connectivity index (χ4n) is 5.54. The third-order valence-corrected chi connectivity index (χ3v) is 7.89. The van der Waals surface area contributed by atoms with Gasteiger partial charge in [0.15, 0.2) is 5.56 Å². The first-order chi connectivity index (χ1) is 19.8. The molecule has 0 atom stereocenters. The van der Waals surface area contributed by atoms with E-state index in [9.17, 15) is 22.8 Å². The highest BCUT2D eigenvalue weighted by Crippen LogP contribution is 2.41. The number of pyridine rings is 1. The second-order valence-corrected chi connectivity index (χ2v) is 10.8. The van der Waals surface area contributed by atoms with E-state index in [-0.39, 0.29) is 23.2 Å². The fraction of sp³-hybridized carbons (Fsp3) is 0.448. The Hall–Kier alpha value is -4.09. The van der Waals surface area contributed by atoms with Gasteiger partial charge in [-0.15, -0.1) is 5.10 Å². The van der Waals surface area contributed by atoms with Crippen LogP contribution in [-0.4, -0.2) is 65.3 Å². The summed E-state index contributed by atoms with van der Waals surface area (Å²) in [6.07, 6.45) is 1.79. The second-order valence-electron chi connectivity index (χ2n) is 10.8. The third kappa shape index (κ3) is 5.86. The summed E-state index contributed by atoms with van der Waals surface area (Å²) in [5, 5.41) is 5.77. The molecule has 2 aromatic heterocycles. The molecule has 1 saturated carbocycles. The largest absolute Gasteiger partial charge is 0.436 e. The van der Waals surface area contributed by atoms with Crippen LogP contribution in [0.5, 0.6) is 11.6 Å². The number of alkyl halides is 3. The van der Waals surface area contributed by atoms with Crippen LogP contribution in [0, 0.1) is 0 Å². The molecule has 2 aliphatic heterocycles. The molecule has 6 rings (SSSR count). The average molecular weight is 569 g/mol. The lowest BCUT2D eigenvalue weighted by atomic mass is 10.1. The van der Waals surface area contributed by atoms with Crippen molar-refractivity contribution in [2.45, 2.75) is 44.2 Å². The molecule has 12 heteroatoms. The monoisotopic (exact) mass is 568 g/mol. The van der Waals surface area contributed by atoms with Gasteiger partial charge in [0.2, 0.25) is 0 Å². The van der Waals surface area contributed by atoms with Gasteiger partial charge in [-0.2, -0.15) is 13.2 Å². The van der Waals surface area contributed by atoms with Crippen LogP contribution in [0.1, 0.15) is 59.5 Å². The van der Waals surface area contributed by atoms with Crippen LogP contribution in [0.4, 0.5) is 24.7 Å². The zero-order chi connectivity index (χ0) is 28.6. The second kappa shape index (κ2) is 11.1. The molecule has 4 heterocycles. The molecule has 1 amide bonds. The van der Waals surface area contributed by atoms with Crippen LogP contribution >= 0.6 is 0 Å². The van der Waals surface area contributed by atoms with Crippen LogP contribution in [0.25, 0.3) is 0 Å². The molecule has 1 N–H and O–H groups in total. The summed E-state index contributed by atoms with van der Waals surface area (Å²) >= 11 is 0. The van der Waals surface area contributed by atoms with Crippen molar-refractivity contribution in [1.29, 1.82) is 0 Å². The maximum Gasteiger partial charge on any atom is 0.423 e. The minimum atomic E-state index is -4.89. The van der Waals surface area contributed by atoms with E-state index in [4.69, 9.17) is 4.74 Å². The van der Waals surface area contributed by atoms with Crippen LogP contribution in [0.2, 0.25) is 0 Å². The molecule has 1 aromatic carbocycles. The molecule has 1 aliphatic carbocycles. The Bertz CT molecular complexity index is 1460. The molecular formula is C29H31F3N6O3. The van der Waals surface area contributed by atoms with E-state index in [2.05, 4.69) is 21.0 Å². The Labute approximate surface area is 234 Å². The number of piperazine rings is 1. The van der Waals surface area contributed by atoms with Gasteiger partial charge in [0.25, 0.3) is 17.3 Å². The smallest absolute Gasteiger partial charge is 0.423 e. The Morgan fingerprint density at radius 2 is 1.71 bits per heavy atom. The van der Waals surface area contributed by atoms with Crippen LogP contribution < -0.4 is 20.1 Å². The van der Waals surface area contributed by atoms with Gasteiger partial charge in [-0.05, 0) is 67.9 Å². The number of piperidine rings is 1. The number of rotatable bonds is 6. The predicted octanol–water partition coefficient (Wildman–Crippen LogP) is 4.81. The predicted molar refractivity (Wildman–Crippen MR) is 147 cm³/mol. The van der Waals surface area contributed by atoms with Crippen molar-refractivity contribution in [1.82, 2.24) is 20.1 Å². The van der Waals surface area contributed by atoms with Gasteiger partial charge >= 0.3 is 6.18 Å². The van der Waals surface area contributed by atoms with E-state index in [0.29, 0.717) is 63.6 Å². The highest BCUT2D eigenvalue weighted by atomic mass is 19.4. The number of nitrogens with zero attached hydrogens (tertiary/aromatic N) is 5. The molecular weight excluding hydrogens is 537 g/mol. The molecule has 3 aliphatic rings. The molecule has 9 nitrogen and oxygen atoms in total. The van der Waals surface area contributed by atoms with Crippen molar-refractivity contribution in [3.05, 3.63) is 69.6 Å². The quantitative estimate of drug-likeness (QED) is 0.456. The number of hydrogen-bond donors (Lipinski definition) is 1. The zero-order valence-corrected chi connectivity index (χ0v) is 22.5. The summed E-state index contributed by atoms with van der Waals surface area (Å²) in [5.74, 6) is 1.15. The minimum absolute atomic E-state index is 0.153. The lowest BCUT2D eigenvalue weighted by molar-refractivity contribution is -0.138. The standard InChI is InChI=1S/C29H31F3N6O3/c30-29(31,32)24-25(37-11-2-1-3-12-37)27(35-34-26(24)39)41-22-6-4-5-20(17-22)28(40)38-15-13-36(14-16-38)23-10-9-21(18-33-23)19-7-8-19/h4-6,9-10,17-19H,1-3,7-8,11-16H2,(H,34,39). The first kappa shape index (κ1) is 27.1. The van der Waals surface area contributed by atoms with Gasteiger partial charge < -0.3 is 19.4 Å². The summed E-state index contributed by atoms with van der Waals surface area (Å²) in [6, 6.07) is 10.5. The van der Waals surface area contributed by atoms with Crippen molar-refractivity contribution in [3.8, 4) is 11.6 Å². The number of H-pyrrole nitrogens is 1. The number of nitrogens with one attached hydrogen (secondary N) is 1. The first-order valence-corrected chi connectivity index (χ1v) is 14.0. The summed E-state index contributed by atoms with van der Waals surface area (Å²) in [4.78, 5) is 35.6. The van der Waals surface area contributed by atoms with Gasteiger partial charge in [0.05, 0.1) is 0 Å². The zero-order valence-electron chi connectivity index (χ0n) is 22.5. The van der Waals surface area contributed by atoms with E-state index >= 15 is 0 Å². The van der Waals surface area contributed by atoms with Crippen molar-refractivity contribution in [2.75, 3.05) is 49.1 Å². The maximum absolute atomic E-state index is 14.0. The highest BCUT2D eigenvalue weighted by Gasteiger charge is 2.41. The summed E-state index contributed by atoms with van der Waals surface area (Å²) in [6.45, 7) is 3.00. The fourth-order valence-corrected chi connectivity index (χ4v) is 5.54. The number of carbonyl (C=O) groups excluding carboxylic acids is 1. The van der Waals surface area contributed by atoms with Crippen molar-refractivity contribution >= 4 is 17.4 Å². The number of aromatic amines is 1. The maximum atomic E-state index is 14.0. The van der Waals surface area contributed by atoms with Gasteiger partial charge in [-0.3, -0.25) is 9.59 Å². The Kier molecular flexibility index (Phi) is 7.31. The van der Waals surface area contributed by atoms with Crippen molar-refractivity contribution in [3.63, 3.8) is 0 Å². The molecule has 3 fully saturated rings. The molecule has 0 radical (unpaired) electrons. The number of anilines is 2. The van der Waals surface area contributed by atoms with Crippen LogP contribution in [0.15, 0.2) is 47.4 Å². The van der Waals surface area contributed by atoms with Crippen LogP contribution in [-0.2, 0) is 6.18 Å². The number of halogens is 3. The van der Waals surface area contributed by atoms with E-state index in [1.165, 1.54) is 29.4 Å². The molecule has 0 unspecified atom stereocenters. The van der Waals surface area contributed by atoms with Gasteiger partial charge in [-0.1, -0.05) is 12.1 Å². The SMILES string of the molecule is O=C(c1cccc(Oc2n[nH]c(=O)c(C(F)(F)F)c2N2CCCCC2)c1)N1CCN(c2ccc(C3CC3)cn2)CC1. The summed E-state index contributed by atoms with van der Waals surface area (Å²) in [7, 11) is 0. The molecule has 2 saturated heterocycles. The lowest BCUT2D eigenvalue weighted by Gasteiger charge is -2.35. The van der Waals surface area contributed by atoms with Crippen LogP contribution in [0.3, 0.4) is 0 Å². The Morgan fingerprint density at radius 1 is 0.951 bits per heavy atom. The third-order valence-electron chi connectivity index (χ3n) is 7.89. The topological polar surface area (TPSA) is 94.7 Å². The van der Waals surface area contributed by atoms with Crippen molar-refractivity contribution in [2.24, 2.45) is 0 Å². The summed E-state index contributed by atoms with van der Waals surface area (Å²) < 4.78 is 47.7. The van der Waals surface area contributed by atoms with Gasteiger partial charge in [-0.25, -0.2) is 10.1 Å². The average Bonchev–Trinajstić information content (AvgIpc) is 3.84. The van der Waals surface area contributed by atoms with Crippen molar-refractivity contribution < 1.29 is 22.7 Å². The van der Waals surface area contributed by atoms with E-state index < -0.39 is 17.3 Å². The number of hydrogen-bond acceptors (Lipinski definition) is 7.